The number of rotatable bonds is 8. The van der Waals surface area contributed by atoms with Crippen LogP contribution in [0.5, 0.6) is 0 Å². The smallest absolute Gasteiger partial charge is 0.274 e. The van der Waals surface area contributed by atoms with Crippen molar-refractivity contribution in [1.82, 2.24) is 9.88 Å². The van der Waals surface area contributed by atoms with Crippen LogP contribution in [0.1, 0.15) is 18.1 Å². The lowest BCUT2D eigenvalue weighted by Gasteiger charge is -2.18. The molecular formula is C26H29N3O3. The van der Waals surface area contributed by atoms with E-state index < -0.39 is 6.04 Å². The molecule has 4 rings (SSSR count). The Morgan fingerprint density at radius 1 is 1.03 bits per heavy atom. The number of amides is 1. The molecule has 1 heterocycles. The van der Waals surface area contributed by atoms with Gasteiger partial charge >= 0.3 is 0 Å². The average Bonchev–Trinajstić information content (AvgIpc) is 3.24. The highest BCUT2D eigenvalue weighted by molar-refractivity contribution is 5.94. The van der Waals surface area contributed by atoms with Crippen LogP contribution in [0.15, 0.2) is 71.5 Å². The van der Waals surface area contributed by atoms with Gasteiger partial charge in [-0.3, -0.25) is 9.59 Å². The molecule has 1 aliphatic carbocycles. The zero-order valence-corrected chi connectivity index (χ0v) is 18.5. The van der Waals surface area contributed by atoms with Crippen molar-refractivity contribution < 1.29 is 9.53 Å². The maximum Gasteiger partial charge on any atom is 0.274 e. The molecule has 1 atom stereocenters. The van der Waals surface area contributed by atoms with Crippen molar-refractivity contribution in [2.45, 2.75) is 38.5 Å². The monoisotopic (exact) mass is 431 g/mol. The van der Waals surface area contributed by atoms with E-state index in [4.69, 9.17) is 4.74 Å². The van der Waals surface area contributed by atoms with Crippen molar-refractivity contribution in [3.63, 3.8) is 0 Å². The van der Waals surface area contributed by atoms with Crippen LogP contribution in [0.25, 0.3) is 11.3 Å². The lowest BCUT2D eigenvalue weighted by atomic mass is 10.1. The minimum atomic E-state index is -0.399. The van der Waals surface area contributed by atoms with Gasteiger partial charge in [0.25, 0.3) is 5.56 Å². The first kappa shape index (κ1) is 22.0. The van der Waals surface area contributed by atoms with Crippen molar-refractivity contribution in [3.05, 3.63) is 88.2 Å². The van der Waals surface area contributed by atoms with Crippen molar-refractivity contribution in [2.24, 2.45) is 0 Å². The maximum atomic E-state index is 13.3. The second-order valence-electron chi connectivity index (χ2n) is 8.12. The summed E-state index contributed by atoms with van der Waals surface area (Å²) < 4.78 is 7.85. The number of likely N-dealkylation sites (N-methyl/N-ethyl adjacent to an activating group) is 1. The molecule has 2 N–H and O–H groups in total. The average molecular weight is 432 g/mol. The standard InChI is InChI=1S/C26H29N3O3/c1-18(27-2)25(30)28-23-12-13-24(19-8-4-3-5-9-19)29(26(23)31)14-15-32-22-16-20-10-6-7-11-21(20)17-22/h3-13,18,22,27H,14-17H2,1-2H3,(H,28,30). The number of hydrogen-bond donors (Lipinski definition) is 2. The molecule has 1 aromatic heterocycles. The van der Waals surface area contributed by atoms with Gasteiger partial charge in [-0.2, -0.15) is 0 Å². The van der Waals surface area contributed by atoms with E-state index in [0.29, 0.717) is 13.2 Å². The molecule has 3 aromatic rings. The number of fused-ring (bicyclic) bond motifs is 1. The fourth-order valence-corrected chi connectivity index (χ4v) is 4.08. The van der Waals surface area contributed by atoms with Gasteiger partial charge in [-0.1, -0.05) is 54.6 Å². The molecule has 0 aliphatic heterocycles. The second kappa shape index (κ2) is 9.94. The molecule has 2 aromatic carbocycles. The van der Waals surface area contributed by atoms with Gasteiger partial charge in [-0.05, 0) is 55.6 Å². The van der Waals surface area contributed by atoms with Crippen LogP contribution < -0.4 is 16.2 Å². The van der Waals surface area contributed by atoms with E-state index in [0.717, 1.165) is 24.1 Å². The lowest BCUT2D eigenvalue weighted by molar-refractivity contribution is -0.117. The predicted molar refractivity (Wildman–Crippen MR) is 127 cm³/mol. The minimum Gasteiger partial charge on any atom is -0.376 e. The molecule has 0 radical (unpaired) electrons. The first-order valence-electron chi connectivity index (χ1n) is 11.0. The van der Waals surface area contributed by atoms with E-state index in [9.17, 15) is 9.59 Å². The number of anilines is 1. The van der Waals surface area contributed by atoms with Gasteiger partial charge < -0.3 is 19.9 Å². The Hall–Kier alpha value is -3.22. The van der Waals surface area contributed by atoms with E-state index in [2.05, 4.69) is 34.9 Å². The fraction of sp³-hybridized carbons (Fsp3) is 0.308. The molecule has 6 nitrogen and oxygen atoms in total. The van der Waals surface area contributed by atoms with E-state index in [1.807, 2.05) is 36.4 Å². The maximum absolute atomic E-state index is 13.3. The summed E-state index contributed by atoms with van der Waals surface area (Å²) in [7, 11) is 1.71. The summed E-state index contributed by atoms with van der Waals surface area (Å²) in [5, 5.41) is 5.64. The van der Waals surface area contributed by atoms with E-state index in [-0.39, 0.29) is 23.3 Å². The van der Waals surface area contributed by atoms with E-state index >= 15 is 0 Å². The Labute approximate surface area is 188 Å². The quantitative estimate of drug-likeness (QED) is 0.574. The third-order valence-corrected chi connectivity index (χ3v) is 6.01. The lowest BCUT2D eigenvalue weighted by Crippen LogP contribution is -2.38. The van der Waals surface area contributed by atoms with Crippen LogP contribution >= 0.6 is 0 Å². The van der Waals surface area contributed by atoms with Gasteiger partial charge in [0.15, 0.2) is 0 Å². The normalized spacial score (nSPS) is 14.2. The number of nitrogens with zero attached hydrogens (tertiary/aromatic N) is 1. The van der Waals surface area contributed by atoms with Gasteiger partial charge in [0.1, 0.15) is 5.69 Å². The van der Waals surface area contributed by atoms with Gasteiger partial charge in [0, 0.05) is 6.54 Å². The van der Waals surface area contributed by atoms with Crippen molar-refractivity contribution in [3.8, 4) is 11.3 Å². The molecule has 0 bridgehead atoms. The summed E-state index contributed by atoms with van der Waals surface area (Å²) in [6.45, 7) is 2.57. The van der Waals surface area contributed by atoms with Crippen molar-refractivity contribution in [1.29, 1.82) is 0 Å². The van der Waals surface area contributed by atoms with Crippen LogP contribution in [0.2, 0.25) is 0 Å². The predicted octanol–water partition coefficient (Wildman–Crippen LogP) is 3.25. The number of nitrogens with one attached hydrogen (secondary N) is 2. The highest BCUT2D eigenvalue weighted by Gasteiger charge is 2.22. The molecule has 1 aliphatic rings. The number of carbonyl (C=O) groups excluding carboxylic acids is 1. The summed E-state index contributed by atoms with van der Waals surface area (Å²) in [4.78, 5) is 25.6. The Bertz CT molecular complexity index is 1120. The molecule has 0 fully saturated rings. The van der Waals surface area contributed by atoms with Crippen molar-refractivity contribution in [2.75, 3.05) is 19.0 Å². The Balaban J connectivity index is 1.53. The fourth-order valence-electron chi connectivity index (χ4n) is 4.08. The van der Waals surface area contributed by atoms with Crippen molar-refractivity contribution >= 4 is 11.6 Å². The number of pyridine rings is 1. The number of ether oxygens (including phenoxy) is 1. The summed E-state index contributed by atoms with van der Waals surface area (Å²) in [5.41, 5.74) is 4.45. The third-order valence-electron chi connectivity index (χ3n) is 6.01. The van der Waals surface area contributed by atoms with Crippen LogP contribution in [-0.4, -0.2) is 36.3 Å². The Morgan fingerprint density at radius 2 is 1.69 bits per heavy atom. The number of hydrogen-bond acceptors (Lipinski definition) is 4. The van der Waals surface area contributed by atoms with E-state index in [1.165, 1.54) is 11.1 Å². The zero-order valence-electron chi connectivity index (χ0n) is 18.5. The van der Waals surface area contributed by atoms with Crippen LogP contribution in [0, 0.1) is 0 Å². The second-order valence-corrected chi connectivity index (χ2v) is 8.12. The van der Waals surface area contributed by atoms with Gasteiger partial charge in [-0.25, -0.2) is 0 Å². The SMILES string of the molecule is CNC(C)C(=O)Nc1ccc(-c2ccccc2)n(CCOC2Cc3ccccc3C2)c1=O. The number of aromatic nitrogens is 1. The molecule has 0 saturated carbocycles. The summed E-state index contributed by atoms with van der Waals surface area (Å²) in [6.07, 6.45) is 1.92. The van der Waals surface area contributed by atoms with E-state index in [1.54, 1.807) is 24.6 Å². The molecule has 32 heavy (non-hydrogen) atoms. The first-order chi connectivity index (χ1) is 15.6. The minimum absolute atomic E-state index is 0.127. The largest absolute Gasteiger partial charge is 0.376 e. The highest BCUT2D eigenvalue weighted by Crippen LogP contribution is 2.24. The topological polar surface area (TPSA) is 72.4 Å². The zero-order chi connectivity index (χ0) is 22.5. The van der Waals surface area contributed by atoms with Crippen LogP contribution in [0.4, 0.5) is 5.69 Å². The Kier molecular flexibility index (Phi) is 6.83. The Morgan fingerprint density at radius 3 is 2.34 bits per heavy atom. The molecule has 166 valence electrons. The third kappa shape index (κ3) is 4.82. The summed E-state index contributed by atoms with van der Waals surface area (Å²) >= 11 is 0. The van der Waals surface area contributed by atoms with Gasteiger partial charge in [-0.15, -0.1) is 0 Å². The van der Waals surface area contributed by atoms with Gasteiger partial charge in [0.05, 0.1) is 24.4 Å². The number of benzene rings is 2. The summed E-state index contributed by atoms with van der Waals surface area (Å²) in [6, 6.07) is 21.3. The molecule has 1 amide bonds. The molecule has 1 unspecified atom stereocenters. The van der Waals surface area contributed by atoms with Gasteiger partial charge in [0.2, 0.25) is 5.91 Å². The molecule has 0 saturated heterocycles. The molecule has 6 heteroatoms. The van der Waals surface area contributed by atoms with Crippen LogP contribution in [-0.2, 0) is 28.9 Å². The molecular weight excluding hydrogens is 402 g/mol. The highest BCUT2D eigenvalue weighted by atomic mass is 16.5. The molecule has 0 spiro atoms. The van der Waals surface area contributed by atoms with Crippen LogP contribution in [0.3, 0.4) is 0 Å². The first-order valence-corrected chi connectivity index (χ1v) is 11.0. The number of carbonyl (C=O) groups is 1. The summed E-state index contributed by atoms with van der Waals surface area (Å²) in [5.74, 6) is -0.247.